The van der Waals surface area contributed by atoms with Crippen LogP contribution in [0.1, 0.15) is 5.56 Å². The van der Waals surface area contributed by atoms with Gasteiger partial charge in [0.25, 0.3) is 0 Å². The number of rotatable bonds is 4. The van der Waals surface area contributed by atoms with Crippen molar-refractivity contribution in [1.82, 2.24) is 9.97 Å². The van der Waals surface area contributed by atoms with Gasteiger partial charge in [-0.3, -0.25) is 15.4 Å². The Labute approximate surface area is 134 Å². The lowest BCUT2D eigenvalue weighted by atomic mass is 10.2. The third-order valence-corrected chi connectivity index (χ3v) is 2.99. The number of halogens is 3. The average molecular weight is 332 g/mol. The number of hydrazone groups is 1. The van der Waals surface area contributed by atoms with E-state index in [-0.39, 0.29) is 5.75 Å². The summed E-state index contributed by atoms with van der Waals surface area (Å²) in [6.45, 7) is 0. The number of nitrogens with zero attached hydrogens (tertiary/aromatic N) is 3. The number of benzene rings is 2. The van der Waals surface area contributed by atoms with Gasteiger partial charge in [0.2, 0.25) is 0 Å². The van der Waals surface area contributed by atoms with Gasteiger partial charge in [0.05, 0.1) is 22.9 Å². The number of ether oxygens (including phenoxy) is 1. The zero-order valence-electron chi connectivity index (χ0n) is 12.2. The summed E-state index contributed by atoms with van der Waals surface area (Å²) < 4.78 is 40.0. The molecule has 1 aromatic heterocycles. The smallest absolute Gasteiger partial charge is 0.406 e. The second-order valence-electron chi connectivity index (χ2n) is 4.75. The summed E-state index contributed by atoms with van der Waals surface area (Å²) in [6.07, 6.45) is 0.0935. The van der Waals surface area contributed by atoms with Crippen molar-refractivity contribution in [1.29, 1.82) is 0 Å². The molecule has 3 rings (SSSR count). The van der Waals surface area contributed by atoms with E-state index in [2.05, 4.69) is 25.2 Å². The topological polar surface area (TPSA) is 59.4 Å². The minimum atomic E-state index is -4.70. The second kappa shape index (κ2) is 6.53. The Morgan fingerprint density at radius 1 is 0.958 bits per heavy atom. The van der Waals surface area contributed by atoms with Gasteiger partial charge in [-0.1, -0.05) is 6.07 Å². The number of nitrogens with one attached hydrogen (secondary N) is 1. The van der Waals surface area contributed by atoms with Crippen molar-refractivity contribution in [2.45, 2.75) is 6.36 Å². The SMILES string of the molecule is FC(F)(F)Oc1ccc(NN=Cc2ccc3nccnc3c2)cc1. The van der Waals surface area contributed by atoms with Crippen LogP contribution < -0.4 is 10.2 Å². The molecule has 5 nitrogen and oxygen atoms in total. The normalized spacial score (nSPS) is 11.8. The van der Waals surface area contributed by atoms with Crippen LogP contribution in [0.3, 0.4) is 0 Å². The Hall–Kier alpha value is -3.16. The molecular formula is C16H11F3N4O. The standard InChI is InChI=1S/C16H11F3N4O/c17-16(18,19)24-13-4-2-12(3-5-13)23-22-10-11-1-6-14-15(9-11)21-8-7-20-14/h1-10,23H. The maximum Gasteiger partial charge on any atom is 0.573 e. The fourth-order valence-corrected chi connectivity index (χ4v) is 1.97. The molecule has 0 fully saturated rings. The van der Waals surface area contributed by atoms with Gasteiger partial charge in [0.1, 0.15) is 5.75 Å². The largest absolute Gasteiger partial charge is 0.573 e. The lowest BCUT2D eigenvalue weighted by Gasteiger charge is -2.08. The van der Waals surface area contributed by atoms with Crippen molar-refractivity contribution in [2.75, 3.05) is 5.43 Å². The van der Waals surface area contributed by atoms with Gasteiger partial charge in [-0.2, -0.15) is 5.10 Å². The van der Waals surface area contributed by atoms with E-state index in [4.69, 9.17) is 0 Å². The molecule has 122 valence electrons. The number of fused-ring (bicyclic) bond motifs is 1. The molecule has 8 heteroatoms. The van der Waals surface area contributed by atoms with E-state index in [0.29, 0.717) is 5.69 Å². The van der Waals surface area contributed by atoms with Crippen molar-refractivity contribution < 1.29 is 17.9 Å². The highest BCUT2D eigenvalue weighted by molar-refractivity contribution is 5.86. The molecule has 0 saturated heterocycles. The van der Waals surface area contributed by atoms with Crippen LogP contribution in [0.4, 0.5) is 18.9 Å². The zero-order chi connectivity index (χ0) is 17.0. The molecule has 0 spiro atoms. The van der Waals surface area contributed by atoms with Gasteiger partial charge in [-0.05, 0) is 42.0 Å². The molecular weight excluding hydrogens is 321 g/mol. The molecule has 0 radical (unpaired) electrons. The van der Waals surface area contributed by atoms with Gasteiger partial charge in [0.15, 0.2) is 0 Å². The van der Waals surface area contributed by atoms with Crippen molar-refractivity contribution in [2.24, 2.45) is 5.10 Å². The quantitative estimate of drug-likeness (QED) is 0.580. The second-order valence-corrected chi connectivity index (χ2v) is 4.75. The molecule has 2 aromatic carbocycles. The molecule has 0 atom stereocenters. The monoisotopic (exact) mass is 332 g/mol. The molecule has 0 unspecified atom stereocenters. The lowest BCUT2D eigenvalue weighted by Crippen LogP contribution is -2.16. The van der Waals surface area contributed by atoms with E-state index in [1.54, 1.807) is 18.6 Å². The minimum Gasteiger partial charge on any atom is -0.406 e. The zero-order valence-corrected chi connectivity index (χ0v) is 12.2. The van der Waals surface area contributed by atoms with Gasteiger partial charge in [0, 0.05) is 12.4 Å². The number of alkyl halides is 3. The number of hydrogen-bond donors (Lipinski definition) is 1. The molecule has 0 aliphatic rings. The Morgan fingerprint density at radius 2 is 1.67 bits per heavy atom. The maximum atomic E-state index is 12.1. The van der Waals surface area contributed by atoms with E-state index < -0.39 is 6.36 Å². The van der Waals surface area contributed by atoms with E-state index in [0.717, 1.165) is 16.6 Å². The predicted molar refractivity (Wildman–Crippen MR) is 83.9 cm³/mol. The average Bonchev–Trinajstić information content (AvgIpc) is 2.55. The summed E-state index contributed by atoms with van der Waals surface area (Å²) in [7, 11) is 0. The Kier molecular flexibility index (Phi) is 4.28. The first-order chi connectivity index (χ1) is 11.5. The summed E-state index contributed by atoms with van der Waals surface area (Å²) in [5.41, 5.74) is 5.60. The summed E-state index contributed by atoms with van der Waals surface area (Å²) in [5.74, 6) is -0.287. The van der Waals surface area contributed by atoms with E-state index in [9.17, 15) is 13.2 Å². The first kappa shape index (κ1) is 15.7. The Balaban J connectivity index is 1.64. The van der Waals surface area contributed by atoms with Crippen LogP contribution in [0.2, 0.25) is 0 Å². The van der Waals surface area contributed by atoms with Gasteiger partial charge in [-0.15, -0.1) is 13.2 Å². The maximum absolute atomic E-state index is 12.1. The summed E-state index contributed by atoms with van der Waals surface area (Å²) in [4.78, 5) is 8.37. The van der Waals surface area contributed by atoms with Crippen molar-refractivity contribution in [3.63, 3.8) is 0 Å². The van der Waals surface area contributed by atoms with Crippen molar-refractivity contribution in [3.8, 4) is 5.75 Å². The van der Waals surface area contributed by atoms with E-state index in [1.807, 2.05) is 18.2 Å². The fraction of sp³-hybridized carbons (Fsp3) is 0.0625. The highest BCUT2D eigenvalue weighted by Crippen LogP contribution is 2.23. The van der Waals surface area contributed by atoms with Crippen LogP contribution in [-0.4, -0.2) is 22.5 Å². The number of aromatic nitrogens is 2. The molecule has 0 bridgehead atoms. The molecule has 0 saturated carbocycles. The summed E-state index contributed by atoms with van der Waals surface area (Å²) in [6, 6.07) is 10.8. The predicted octanol–water partition coefficient (Wildman–Crippen LogP) is 3.97. The summed E-state index contributed by atoms with van der Waals surface area (Å²) in [5, 5.41) is 4.04. The van der Waals surface area contributed by atoms with Crippen LogP contribution in [0, 0.1) is 0 Å². The molecule has 24 heavy (non-hydrogen) atoms. The highest BCUT2D eigenvalue weighted by atomic mass is 19.4. The van der Waals surface area contributed by atoms with Crippen molar-refractivity contribution >= 4 is 22.9 Å². The number of hydrogen-bond acceptors (Lipinski definition) is 5. The van der Waals surface area contributed by atoms with Crippen LogP contribution in [-0.2, 0) is 0 Å². The Morgan fingerprint density at radius 3 is 2.38 bits per heavy atom. The number of anilines is 1. The van der Waals surface area contributed by atoms with E-state index >= 15 is 0 Å². The lowest BCUT2D eigenvalue weighted by molar-refractivity contribution is -0.274. The third kappa shape index (κ3) is 4.19. The molecule has 0 aliphatic carbocycles. The molecule has 0 aliphatic heterocycles. The van der Waals surface area contributed by atoms with Crippen LogP contribution in [0.5, 0.6) is 5.75 Å². The van der Waals surface area contributed by atoms with Gasteiger partial charge < -0.3 is 4.74 Å². The Bertz CT molecular complexity index is 863. The minimum absolute atomic E-state index is 0.287. The highest BCUT2D eigenvalue weighted by Gasteiger charge is 2.30. The third-order valence-electron chi connectivity index (χ3n) is 2.99. The molecule has 3 aromatic rings. The first-order valence-corrected chi connectivity index (χ1v) is 6.85. The van der Waals surface area contributed by atoms with Crippen LogP contribution in [0.15, 0.2) is 60.0 Å². The molecule has 0 amide bonds. The van der Waals surface area contributed by atoms with E-state index in [1.165, 1.54) is 24.3 Å². The first-order valence-electron chi connectivity index (χ1n) is 6.85. The van der Waals surface area contributed by atoms with Gasteiger partial charge in [-0.25, -0.2) is 0 Å². The van der Waals surface area contributed by atoms with Crippen LogP contribution >= 0.6 is 0 Å². The summed E-state index contributed by atoms with van der Waals surface area (Å²) >= 11 is 0. The van der Waals surface area contributed by atoms with Gasteiger partial charge >= 0.3 is 6.36 Å². The van der Waals surface area contributed by atoms with Crippen molar-refractivity contribution in [3.05, 3.63) is 60.4 Å². The van der Waals surface area contributed by atoms with Crippen LogP contribution in [0.25, 0.3) is 11.0 Å². The molecule has 1 N–H and O–H groups in total. The molecule has 1 heterocycles. The fourth-order valence-electron chi connectivity index (χ4n) is 1.97.